The van der Waals surface area contributed by atoms with Gasteiger partial charge < -0.3 is 10.5 Å². The number of ether oxygens (including phenoxy) is 1. The van der Waals surface area contributed by atoms with Gasteiger partial charge in [-0.1, -0.05) is 22.9 Å². The fraction of sp³-hybridized carbons (Fsp3) is 0.400. The Labute approximate surface area is 104 Å². The Morgan fingerprint density at radius 2 is 2.06 bits per heavy atom. The maximum absolute atomic E-state index is 11.2. The molecule has 2 N–H and O–H groups in total. The van der Waals surface area contributed by atoms with E-state index >= 15 is 0 Å². The molecule has 1 rings (SSSR count). The predicted molar refractivity (Wildman–Crippen MR) is 68.4 cm³/mol. The maximum Gasteiger partial charge on any atom is 0.153 e. The van der Waals surface area contributed by atoms with Crippen molar-refractivity contribution in [1.29, 1.82) is 0 Å². The zero-order chi connectivity index (χ0) is 12.2. The minimum atomic E-state index is -2.98. The molecule has 6 heteroatoms. The van der Waals surface area contributed by atoms with Crippen LogP contribution in [0.4, 0.5) is 5.69 Å². The average molecular weight is 308 g/mol. The molecule has 0 aliphatic carbocycles. The first-order valence-electron chi connectivity index (χ1n) is 4.82. The molecule has 0 amide bonds. The molecule has 0 aliphatic rings. The predicted octanol–water partition coefficient (Wildman–Crippen LogP) is 1.84. The molecule has 0 saturated heterocycles. The fourth-order valence-corrected chi connectivity index (χ4v) is 2.21. The highest BCUT2D eigenvalue weighted by Crippen LogP contribution is 2.22. The second-order valence-electron chi connectivity index (χ2n) is 3.31. The number of sulfone groups is 1. The van der Waals surface area contributed by atoms with Crippen molar-refractivity contribution >= 4 is 31.5 Å². The molecule has 0 spiro atoms. The SMILES string of the molecule is CCS(=O)(=O)CCOc1cc(N)cc(Br)c1. The summed E-state index contributed by atoms with van der Waals surface area (Å²) in [5.74, 6) is 0.727. The van der Waals surface area contributed by atoms with Crippen LogP contribution in [0.25, 0.3) is 0 Å². The van der Waals surface area contributed by atoms with Gasteiger partial charge in [0.15, 0.2) is 9.84 Å². The summed E-state index contributed by atoms with van der Waals surface area (Å²) in [5, 5.41) is 0. The number of nitrogen functional groups attached to an aromatic ring is 1. The van der Waals surface area contributed by atoms with Crippen LogP contribution in [0.1, 0.15) is 6.92 Å². The molecule has 16 heavy (non-hydrogen) atoms. The second-order valence-corrected chi connectivity index (χ2v) is 6.69. The van der Waals surface area contributed by atoms with Crippen molar-refractivity contribution in [2.45, 2.75) is 6.92 Å². The van der Waals surface area contributed by atoms with Gasteiger partial charge in [-0.05, 0) is 12.1 Å². The summed E-state index contributed by atoms with van der Waals surface area (Å²) in [6.07, 6.45) is 0. The minimum Gasteiger partial charge on any atom is -0.492 e. The van der Waals surface area contributed by atoms with E-state index < -0.39 is 9.84 Å². The minimum absolute atomic E-state index is 0.0237. The zero-order valence-corrected chi connectivity index (χ0v) is 11.3. The fourth-order valence-electron chi connectivity index (χ4n) is 1.10. The lowest BCUT2D eigenvalue weighted by molar-refractivity contribution is 0.341. The zero-order valence-electron chi connectivity index (χ0n) is 8.94. The standard InChI is InChI=1S/C10H14BrNO3S/c1-2-16(13,14)4-3-15-10-6-8(11)5-9(12)7-10/h5-7H,2-4,12H2,1H3. The van der Waals surface area contributed by atoms with Crippen LogP contribution in [-0.4, -0.2) is 26.5 Å². The normalized spacial score (nSPS) is 11.4. The highest BCUT2D eigenvalue weighted by atomic mass is 79.9. The van der Waals surface area contributed by atoms with E-state index in [1.165, 1.54) is 0 Å². The Balaban J connectivity index is 2.55. The first kappa shape index (κ1) is 13.3. The lowest BCUT2D eigenvalue weighted by Gasteiger charge is -2.07. The topological polar surface area (TPSA) is 69.4 Å². The van der Waals surface area contributed by atoms with E-state index in [2.05, 4.69) is 15.9 Å². The summed E-state index contributed by atoms with van der Waals surface area (Å²) in [6.45, 7) is 1.76. The maximum atomic E-state index is 11.2. The Bertz CT molecular complexity index is 439. The largest absolute Gasteiger partial charge is 0.492 e. The van der Waals surface area contributed by atoms with E-state index in [9.17, 15) is 8.42 Å². The molecule has 4 nitrogen and oxygen atoms in total. The monoisotopic (exact) mass is 307 g/mol. The molecule has 1 aromatic rings. The smallest absolute Gasteiger partial charge is 0.153 e. The van der Waals surface area contributed by atoms with Crippen molar-refractivity contribution in [3.05, 3.63) is 22.7 Å². The van der Waals surface area contributed by atoms with Crippen LogP contribution in [0.3, 0.4) is 0 Å². The first-order valence-corrected chi connectivity index (χ1v) is 7.43. The average Bonchev–Trinajstić information content (AvgIpc) is 2.16. The highest BCUT2D eigenvalue weighted by Gasteiger charge is 2.07. The molecule has 1 aromatic carbocycles. The van der Waals surface area contributed by atoms with Gasteiger partial charge in [0.05, 0.1) is 5.75 Å². The van der Waals surface area contributed by atoms with Crippen molar-refractivity contribution in [3.63, 3.8) is 0 Å². The summed E-state index contributed by atoms with van der Waals surface area (Å²) >= 11 is 3.28. The van der Waals surface area contributed by atoms with E-state index in [0.29, 0.717) is 11.4 Å². The molecule has 0 fully saturated rings. The van der Waals surface area contributed by atoms with E-state index in [1.807, 2.05) is 0 Å². The molecule has 0 saturated carbocycles. The molecule has 0 radical (unpaired) electrons. The summed E-state index contributed by atoms with van der Waals surface area (Å²) in [7, 11) is -2.98. The Kier molecular flexibility index (Phi) is 4.61. The number of halogens is 1. The molecular weight excluding hydrogens is 294 g/mol. The molecular formula is C10H14BrNO3S. The molecule has 0 unspecified atom stereocenters. The Hall–Kier alpha value is -0.750. The quantitative estimate of drug-likeness (QED) is 0.843. The molecule has 0 atom stereocenters. The number of hydrogen-bond donors (Lipinski definition) is 1. The first-order chi connectivity index (χ1) is 7.43. The highest BCUT2D eigenvalue weighted by molar-refractivity contribution is 9.10. The molecule has 0 bridgehead atoms. The van der Waals surface area contributed by atoms with Crippen LogP contribution in [0, 0.1) is 0 Å². The number of benzene rings is 1. The van der Waals surface area contributed by atoms with E-state index in [-0.39, 0.29) is 18.1 Å². The van der Waals surface area contributed by atoms with Gasteiger partial charge in [-0.15, -0.1) is 0 Å². The van der Waals surface area contributed by atoms with Gasteiger partial charge in [0, 0.05) is 22.0 Å². The van der Waals surface area contributed by atoms with Gasteiger partial charge in [-0.2, -0.15) is 0 Å². The van der Waals surface area contributed by atoms with Crippen LogP contribution < -0.4 is 10.5 Å². The van der Waals surface area contributed by atoms with E-state index in [1.54, 1.807) is 25.1 Å². The molecule has 0 aliphatic heterocycles. The lowest BCUT2D eigenvalue weighted by Crippen LogP contribution is -2.15. The van der Waals surface area contributed by atoms with Crippen LogP contribution in [0.5, 0.6) is 5.75 Å². The van der Waals surface area contributed by atoms with Gasteiger partial charge in [0.1, 0.15) is 12.4 Å². The van der Waals surface area contributed by atoms with Crippen molar-refractivity contribution in [2.75, 3.05) is 23.8 Å². The van der Waals surface area contributed by atoms with Crippen LogP contribution in [-0.2, 0) is 9.84 Å². The Morgan fingerprint density at radius 1 is 1.38 bits per heavy atom. The number of nitrogens with two attached hydrogens (primary N) is 1. The second kappa shape index (κ2) is 5.54. The van der Waals surface area contributed by atoms with Crippen molar-refractivity contribution in [2.24, 2.45) is 0 Å². The van der Waals surface area contributed by atoms with Gasteiger partial charge >= 0.3 is 0 Å². The van der Waals surface area contributed by atoms with Gasteiger partial charge in [-0.25, -0.2) is 8.42 Å². The van der Waals surface area contributed by atoms with Crippen molar-refractivity contribution < 1.29 is 13.2 Å². The summed E-state index contributed by atoms with van der Waals surface area (Å²) in [6, 6.07) is 5.15. The van der Waals surface area contributed by atoms with Crippen LogP contribution >= 0.6 is 15.9 Å². The van der Waals surface area contributed by atoms with Gasteiger partial charge in [0.25, 0.3) is 0 Å². The van der Waals surface area contributed by atoms with Crippen LogP contribution in [0.15, 0.2) is 22.7 Å². The third kappa shape index (κ3) is 4.40. The Morgan fingerprint density at radius 3 is 2.62 bits per heavy atom. The van der Waals surface area contributed by atoms with E-state index in [4.69, 9.17) is 10.5 Å². The summed E-state index contributed by atoms with van der Waals surface area (Å²) in [4.78, 5) is 0. The molecule has 0 aromatic heterocycles. The third-order valence-electron chi connectivity index (χ3n) is 2.00. The van der Waals surface area contributed by atoms with Crippen molar-refractivity contribution in [3.8, 4) is 5.75 Å². The van der Waals surface area contributed by atoms with E-state index in [0.717, 1.165) is 4.47 Å². The molecule has 90 valence electrons. The number of anilines is 1. The number of hydrogen-bond acceptors (Lipinski definition) is 4. The van der Waals surface area contributed by atoms with Gasteiger partial charge in [0.2, 0.25) is 0 Å². The van der Waals surface area contributed by atoms with Gasteiger partial charge in [-0.3, -0.25) is 0 Å². The summed E-state index contributed by atoms with van der Waals surface area (Å²) < 4.78 is 28.5. The molecule has 0 heterocycles. The summed E-state index contributed by atoms with van der Waals surface area (Å²) in [5.41, 5.74) is 6.19. The van der Waals surface area contributed by atoms with Crippen molar-refractivity contribution in [1.82, 2.24) is 0 Å². The third-order valence-corrected chi connectivity index (χ3v) is 4.12. The number of rotatable bonds is 5. The van der Waals surface area contributed by atoms with Crippen LogP contribution in [0.2, 0.25) is 0 Å². The lowest BCUT2D eigenvalue weighted by atomic mass is 10.3.